The van der Waals surface area contributed by atoms with Crippen molar-refractivity contribution >= 4 is 11.6 Å². The fraction of sp³-hybridized carbons (Fsp3) is 0.381. The molecule has 7 heteroatoms. The van der Waals surface area contributed by atoms with E-state index in [2.05, 4.69) is 0 Å². The Bertz CT molecular complexity index is 826. The average Bonchev–Trinajstić information content (AvgIpc) is 2.70. The standard InChI is InChI=1S/C21H25FN2O4/c1-23(2)16-7-4-14(5-8-16)21(26)24-11-10-18(17(25)13-24)28-19-9-6-15(22)12-20(19)27-3/h4-9,12,17-18,25H,10-11,13H2,1-3H3/t17-,18-/m1/s1. The van der Waals surface area contributed by atoms with Gasteiger partial charge >= 0.3 is 0 Å². The maximum atomic E-state index is 13.3. The molecule has 1 aliphatic rings. The van der Waals surface area contributed by atoms with Crippen LogP contribution in [0.1, 0.15) is 16.8 Å². The van der Waals surface area contributed by atoms with Gasteiger partial charge in [-0.3, -0.25) is 4.79 Å². The topological polar surface area (TPSA) is 62.2 Å². The Hall–Kier alpha value is -2.80. The third-order valence-electron chi connectivity index (χ3n) is 4.84. The summed E-state index contributed by atoms with van der Waals surface area (Å²) in [4.78, 5) is 16.3. The van der Waals surface area contributed by atoms with E-state index in [1.807, 2.05) is 31.1 Å². The zero-order chi connectivity index (χ0) is 20.3. The average molecular weight is 388 g/mol. The molecule has 6 nitrogen and oxygen atoms in total. The van der Waals surface area contributed by atoms with Gasteiger partial charge in [0.05, 0.1) is 13.7 Å². The Morgan fingerprint density at radius 2 is 1.89 bits per heavy atom. The van der Waals surface area contributed by atoms with Crippen LogP contribution in [-0.2, 0) is 0 Å². The van der Waals surface area contributed by atoms with Gasteiger partial charge in [0.25, 0.3) is 5.91 Å². The second-order valence-electron chi connectivity index (χ2n) is 7.00. The van der Waals surface area contributed by atoms with Gasteiger partial charge in [-0.15, -0.1) is 0 Å². The number of aliphatic hydroxyl groups excluding tert-OH is 1. The number of amides is 1. The predicted molar refractivity (Wildman–Crippen MR) is 105 cm³/mol. The van der Waals surface area contributed by atoms with E-state index in [-0.39, 0.29) is 18.2 Å². The molecule has 2 atom stereocenters. The first-order chi connectivity index (χ1) is 13.4. The van der Waals surface area contributed by atoms with Crippen molar-refractivity contribution < 1.29 is 23.8 Å². The summed E-state index contributed by atoms with van der Waals surface area (Å²) < 4.78 is 24.3. The number of piperidine rings is 1. The molecule has 2 aromatic carbocycles. The van der Waals surface area contributed by atoms with Crippen molar-refractivity contribution in [1.29, 1.82) is 0 Å². The Balaban J connectivity index is 1.64. The van der Waals surface area contributed by atoms with Crippen LogP contribution in [-0.4, -0.2) is 62.4 Å². The number of hydrogen-bond donors (Lipinski definition) is 1. The minimum Gasteiger partial charge on any atom is -0.493 e. The Kier molecular flexibility index (Phi) is 6.04. The summed E-state index contributed by atoms with van der Waals surface area (Å²) in [7, 11) is 5.31. The number of halogens is 1. The molecule has 1 fully saturated rings. The fourth-order valence-corrected chi connectivity index (χ4v) is 3.22. The van der Waals surface area contributed by atoms with Crippen molar-refractivity contribution in [2.24, 2.45) is 0 Å². The number of anilines is 1. The van der Waals surface area contributed by atoms with Crippen LogP contribution in [0.2, 0.25) is 0 Å². The van der Waals surface area contributed by atoms with Crippen LogP contribution < -0.4 is 14.4 Å². The van der Waals surface area contributed by atoms with E-state index in [0.717, 1.165) is 5.69 Å². The number of likely N-dealkylation sites (tertiary alicyclic amines) is 1. The normalized spacial score (nSPS) is 19.2. The van der Waals surface area contributed by atoms with Crippen LogP contribution in [0.4, 0.5) is 10.1 Å². The van der Waals surface area contributed by atoms with Crippen molar-refractivity contribution in [2.45, 2.75) is 18.6 Å². The molecule has 0 unspecified atom stereocenters. The molecule has 0 spiro atoms. The number of benzene rings is 2. The molecule has 0 aromatic heterocycles. The molecule has 1 amide bonds. The highest BCUT2D eigenvalue weighted by atomic mass is 19.1. The smallest absolute Gasteiger partial charge is 0.253 e. The van der Waals surface area contributed by atoms with Crippen LogP contribution in [0, 0.1) is 5.82 Å². The molecule has 2 aromatic rings. The molecule has 28 heavy (non-hydrogen) atoms. The lowest BCUT2D eigenvalue weighted by molar-refractivity contribution is -0.0207. The van der Waals surface area contributed by atoms with Crippen LogP contribution in [0.3, 0.4) is 0 Å². The van der Waals surface area contributed by atoms with Gasteiger partial charge in [-0.1, -0.05) is 0 Å². The first-order valence-corrected chi connectivity index (χ1v) is 9.14. The van der Waals surface area contributed by atoms with Crippen molar-refractivity contribution in [3.8, 4) is 11.5 Å². The largest absolute Gasteiger partial charge is 0.493 e. The molecule has 0 aliphatic carbocycles. The van der Waals surface area contributed by atoms with Crippen molar-refractivity contribution in [3.05, 3.63) is 53.8 Å². The number of hydrogen-bond acceptors (Lipinski definition) is 5. The molecule has 0 bridgehead atoms. The monoisotopic (exact) mass is 388 g/mol. The number of ether oxygens (including phenoxy) is 2. The summed E-state index contributed by atoms with van der Waals surface area (Å²) in [5.74, 6) is 0.0892. The number of nitrogens with zero attached hydrogens (tertiary/aromatic N) is 2. The lowest BCUT2D eigenvalue weighted by atomic mass is 10.0. The lowest BCUT2D eigenvalue weighted by Gasteiger charge is -2.36. The molecular formula is C21H25FN2O4. The first kappa shape index (κ1) is 19.9. The van der Waals surface area contributed by atoms with Crippen LogP contribution in [0.25, 0.3) is 0 Å². The van der Waals surface area contributed by atoms with E-state index < -0.39 is 18.0 Å². The minimum absolute atomic E-state index is 0.123. The van der Waals surface area contributed by atoms with E-state index in [9.17, 15) is 14.3 Å². The lowest BCUT2D eigenvalue weighted by Crippen LogP contribution is -2.51. The Morgan fingerprint density at radius 3 is 2.50 bits per heavy atom. The summed E-state index contributed by atoms with van der Waals surface area (Å²) in [6.07, 6.45) is -0.892. The van der Waals surface area contributed by atoms with E-state index in [1.165, 1.54) is 25.3 Å². The molecule has 1 saturated heterocycles. The van der Waals surface area contributed by atoms with E-state index in [4.69, 9.17) is 9.47 Å². The molecule has 0 saturated carbocycles. The minimum atomic E-state index is -0.853. The zero-order valence-corrected chi connectivity index (χ0v) is 16.3. The Labute approximate surface area is 164 Å². The molecule has 1 N–H and O–H groups in total. The first-order valence-electron chi connectivity index (χ1n) is 9.14. The maximum absolute atomic E-state index is 13.3. The molecule has 3 rings (SSSR count). The summed E-state index contributed by atoms with van der Waals surface area (Å²) in [6, 6.07) is 11.3. The van der Waals surface area contributed by atoms with Crippen LogP contribution >= 0.6 is 0 Å². The third kappa shape index (κ3) is 4.36. The van der Waals surface area contributed by atoms with Gasteiger partial charge in [0.15, 0.2) is 11.5 Å². The van der Waals surface area contributed by atoms with Crippen molar-refractivity contribution in [1.82, 2.24) is 4.90 Å². The van der Waals surface area contributed by atoms with Gasteiger partial charge in [0.2, 0.25) is 0 Å². The van der Waals surface area contributed by atoms with Crippen molar-refractivity contribution in [3.63, 3.8) is 0 Å². The number of aliphatic hydroxyl groups is 1. The molecular weight excluding hydrogens is 363 g/mol. The van der Waals surface area contributed by atoms with Gasteiger partial charge < -0.3 is 24.4 Å². The summed E-state index contributed by atoms with van der Waals surface area (Å²) in [5.41, 5.74) is 1.59. The van der Waals surface area contributed by atoms with Crippen LogP contribution in [0.15, 0.2) is 42.5 Å². The van der Waals surface area contributed by atoms with E-state index in [0.29, 0.717) is 24.3 Å². The molecule has 1 heterocycles. The predicted octanol–water partition coefficient (Wildman–Crippen LogP) is 2.55. The quantitative estimate of drug-likeness (QED) is 0.853. The summed E-state index contributed by atoms with van der Waals surface area (Å²) in [6.45, 7) is 0.627. The SMILES string of the molecule is COc1cc(F)ccc1O[C@@H]1CCN(C(=O)c2ccc(N(C)C)cc2)C[C@H]1O. The third-order valence-corrected chi connectivity index (χ3v) is 4.84. The molecule has 150 valence electrons. The van der Waals surface area contributed by atoms with E-state index in [1.54, 1.807) is 17.0 Å². The number of carbonyl (C=O) groups excluding carboxylic acids is 1. The molecule has 0 radical (unpaired) electrons. The number of rotatable bonds is 5. The van der Waals surface area contributed by atoms with Gasteiger partial charge in [0, 0.05) is 44.4 Å². The highest BCUT2D eigenvalue weighted by Crippen LogP contribution is 2.30. The molecule has 1 aliphatic heterocycles. The number of methoxy groups -OCH3 is 1. The van der Waals surface area contributed by atoms with Crippen molar-refractivity contribution in [2.75, 3.05) is 39.2 Å². The summed E-state index contributed by atoms with van der Waals surface area (Å²) in [5, 5.41) is 10.5. The highest BCUT2D eigenvalue weighted by Gasteiger charge is 2.32. The second-order valence-corrected chi connectivity index (χ2v) is 7.00. The fourth-order valence-electron chi connectivity index (χ4n) is 3.22. The zero-order valence-electron chi connectivity index (χ0n) is 16.3. The summed E-state index contributed by atoms with van der Waals surface area (Å²) >= 11 is 0. The second kappa shape index (κ2) is 8.48. The van der Waals surface area contributed by atoms with E-state index >= 15 is 0 Å². The van der Waals surface area contributed by atoms with Crippen LogP contribution in [0.5, 0.6) is 11.5 Å². The number of β-amino-alcohol motifs (C(OH)–C–C–N with tert-alkyl or cyclic N) is 1. The number of carbonyl (C=O) groups is 1. The van der Waals surface area contributed by atoms with Gasteiger partial charge in [-0.2, -0.15) is 0 Å². The maximum Gasteiger partial charge on any atom is 0.253 e. The highest BCUT2D eigenvalue weighted by molar-refractivity contribution is 5.94. The van der Waals surface area contributed by atoms with Gasteiger partial charge in [-0.05, 0) is 36.4 Å². The van der Waals surface area contributed by atoms with Gasteiger partial charge in [-0.25, -0.2) is 4.39 Å². The Morgan fingerprint density at radius 1 is 1.18 bits per heavy atom. The van der Waals surface area contributed by atoms with Gasteiger partial charge in [0.1, 0.15) is 18.0 Å².